The normalized spacial score (nSPS) is 14.7. The molecule has 1 aromatic carbocycles. The van der Waals surface area contributed by atoms with Crippen molar-refractivity contribution in [2.24, 2.45) is 0 Å². The molecule has 0 aliphatic carbocycles. The van der Waals surface area contributed by atoms with Gasteiger partial charge in [0.15, 0.2) is 6.61 Å². The topological polar surface area (TPSA) is 84.9 Å². The van der Waals surface area contributed by atoms with Gasteiger partial charge < -0.3 is 19.7 Å². The van der Waals surface area contributed by atoms with Gasteiger partial charge in [-0.15, -0.1) is 0 Å². The van der Waals surface area contributed by atoms with Gasteiger partial charge in [0.05, 0.1) is 12.2 Å². The number of nitrogens with zero attached hydrogens (tertiary/aromatic N) is 1. The molecule has 1 heterocycles. The maximum atomic E-state index is 13.2. The number of rotatable bonds is 5. The molecule has 1 aliphatic heterocycles. The molecule has 0 bridgehead atoms. The highest BCUT2D eigenvalue weighted by atomic mass is 79.9. The lowest BCUT2D eigenvalue weighted by molar-refractivity contribution is -0.125. The number of hydrogen-bond acceptors (Lipinski definition) is 5. The summed E-state index contributed by atoms with van der Waals surface area (Å²) in [4.78, 5) is 37.1. The SMILES string of the molecule is CCOC(=O)N1CCC(NC(=O)COC(=O)c2cc(F)ccc2Br)CC1. The molecule has 1 saturated heterocycles. The van der Waals surface area contributed by atoms with Gasteiger partial charge in [-0.05, 0) is 53.9 Å². The highest BCUT2D eigenvalue weighted by Crippen LogP contribution is 2.18. The average molecular weight is 431 g/mol. The van der Waals surface area contributed by atoms with Crippen LogP contribution in [0.25, 0.3) is 0 Å². The van der Waals surface area contributed by atoms with Crippen LogP contribution in [0, 0.1) is 5.82 Å². The zero-order valence-corrected chi connectivity index (χ0v) is 15.9. The number of carbonyl (C=O) groups excluding carboxylic acids is 3. The summed E-state index contributed by atoms with van der Waals surface area (Å²) in [5.74, 6) is -1.80. The van der Waals surface area contributed by atoms with Crippen LogP contribution in [-0.4, -0.2) is 55.2 Å². The first-order valence-electron chi connectivity index (χ1n) is 8.24. The molecule has 0 radical (unpaired) electrons. The van der Waals surface area contributed by atoms with Crippen LogP contribution in [0.5, 0.6) is 0 Å². The fraction of sp³-hybridized carbons (Fsp3) is 0.471. The largest absolute Gasteiger partial charge is 0.452 e. The number of likely N-dealkylation sites (tertiary alicyclic amines) is 1. The Balaban J connectivity index is 1.75. The van der Waals surface area contributed by atoms with E-state index in [2.05, 4.69) is 21.2 Å². The minimum atomic E-state index is -0.788. The second kappa shape index (κ2) is 9.51. The number of carbonyl (C=O) groups is 3. The van der Waals surface area contributed by atoms with Crippen molar-refractivity contribution in [2.45, 2.75) is 25.8 Å². The fourth-order valence-electron chi connectivity index (χ4n) is 2.55. The van der Waals surface area contributed by atoms with E-state index in [1.807, 2.05) is 0 Å². The number of piperidine rings is 1. The molecule has 1 aliphatic rings. The number of esters is 1. The van der Waals surface area contributed by atoms with Crippen molar-refractivity contribution < 1.29 is 28.2 Å². The Bertz CT molecular complexity index is 677. The summed E-state index contributed by atoms with van der Waals surface area (Å²) in [6, 6.07) is 3.53. The van der Waals surface area contributed by atoms with Crippen LogP contribution in [0.2, 0.25) is 0 Å². The van der Waals surface area contributed by atoms with E-state index in [1.165, 1.54) is 12.1 Å². The van der Waals surface area contributed by atoms with Crippen molar-refractivity contribution in [1.29, 1.82) is 0 Å². The van der Waals surface area contributed by atoms with Crippen LogP contribution < -0.4 is 5.32 Å². The third-order valence-electron chi connectivity index (χ3n) is 3.87. The average Bonchev–Trinajstić information content (AvgIpc) is 2.62. The van der Waals surface area contributed by atoms with Gasteiger partial charge in [-0.2, -0.15) is 0 Å². The summed E-state index contributed by atoms with van der Waals surface area (Å²) >= 11 is 3.14. The molecule has 0 spiro atoms. The van der Waals surface area contributed by atoms with Crippen LogP contribution >= 0.6 is 15.9 Å². The number of halogens is 2. The Morgan fingerprint density at radius 3 is 2.62 bits per heavy atom. The maximum Gasteiger partial charge on any atom is 0.409 e. The Hall–Kier alpha value is -2.16. The van der Waals surface area contributed by atoms with Gasteiger partial charge in [-0.25, -0.2) is 14.0 Å². The zero-order chi connectivity index (χ0) is 19.1. The van der Waals surface area contributed by atoms with Crippen molar-refractivity contribution in [3.8, 4) is 0 Å². The van der Waals surface area contributed by atoms with Gasteiger partial charge >= 0.3 is 12.1 Å². The quantitative estimate of drug-likeness (QED) is 0.725. The molecule has 1 fully saturated rings. The molecule has 2 rings (SSSR count). The van der Waals surface area contributed by atoms with E-state index >= 15 is 0 Å². The molecule has 142 valence electrons. The molecular formula is C17H20BrFN2O5. The van der Waals surface area contributed by atoms with Crippen LogP contribution in [0.15, 0.2) is 22.7 Å². The molecule has 2 amide bonds. The molecule has 7 nitrogen and oxygen atoms in total. The smallest absolute Gasteiger partial charge is 0.409 e. The van der Waals surface area contributed by atoms with Crippen molar-refractivity contribution >= 4 is 33.9 Å². The first kappa shape index (κ1) is 20.2. The molecule has 9 heteroatoms. The minimum absolute atomic E-state index is 0.0144. The number of hydrogen-bond donors (Lipinski definition) is 1. The Morgan fingerprint density at radius 2 is 1.96 bits per heavy atom. The first-order valence-corrected chi connectivity index (χ1v) is 9.03. The predicted octanol–water partition coefficient (Wildman–Crippen LogP) is 2.48. The molecule has 1 N–H and O–H groups in total. The number of nitrogens with one attached hydrogen (secondary N) is 1. The fourth-order valence-corrected chi connectivity index (χ4v) is 2.96. The second-order valence-corrected chi connectivity index (χ2v) is 6.58. The number of ether oxygens (including phenoxy) is 2. The summed E-state index contributed by atoms with van der Waals surface area (Å²) < 4.78 is 23.5. The predicted molar refractivity (Wildman–Crippen MR) is 94.1 cm³/mol. The van der Waals surface area contributed by atoms with Crippen LogP contribution in [0.1, 0.15) is 30.1 Å². The van der Waals surface area contributed by atoms with Crippen molar-refractivity contribution in [1.82, 2.24) is 10.2 Å². The lowest BCUT2D eigenvalue weighted by Gasteiger charge is -2.31. The van der Waals surface area contributed by atoms with E-state index in [1.54, 1.807) is 11.8 Å². The lowest BCUT2D eigenvalue weighted by Crippen LogP contribution is -2.47. The summed E-state index contributed by atoms with van der Waals surface area (Å²) in [5, 5.41) is 2.76. The third-order valence-corrected chi connectivity index (χ3v) is 4.56. The van der Waals surface area contributed by atoms with Crippen LogP contribution in [-0.2, 0) is 14.3 Å². The number of benzene rings is 1. The van der Waals surface area contributed by atoms with Crippen LogP contribution in [0.4, 0.5) is 9.18 Å². The Kier molecular flexibility index (Phi) is 7.38. The Morgan fingerprint density at radius 1 is 1.27 bits per heavy atom. The lowest BCUT2D eigenvalue weighted by atomic mass is 10.1. The summed E-state index contributed by atoms with van der Waals surface area (Å²) in [5.41, 5.74) is 0.0144. The van der Waals surface area contributed by atoms with E-state index < -0.39 is 24.3 Å². The van der Waals surface area contributed by atoms with Crippen molar-refractivity contribution in [3.63, 3.8) is 0 Å². The van der Waals surface area contributed by atoms with Crippen molar-refractivity contribution in [2.75, 3.05) is 26.3 Å². The van der Waals surface area contributed by atoms with E-state index in [0.29, 0.717) is 37.0 Å². The van der Waals surface area contributed by atoms with Gasteiger partial charge in [0.25, 0.3) is 5.91 Å². The second-order valence-electron chi connectivity index (χ2n) is 5.73. The summed E-state index contributed by atoms with van der Waals surface area (Å²) in [6.45, 7) is 2.58. The molecule has 1 aromatic rings. The van der Waals surface area contributed by atoms with Crippen molar-refractivity contribution in [3.05, 3.63) is 34.1 Å². The number of amides is 2. The summed E-state index contributed by atoms with van der Waals surface area (Å²) in [7, 11) is 0. The van der Waals surface area contributed by atoms with Gasteiger partial charge in [-0.3, -0.25) is 4.79 Å². The molecule has 0 aromatic heterocycles. The van der Waals surface area contributed by atoms with Gasteiger partial charge in [0.2, 0.25) is 0 Å². The highest BCUT2D eigenvalue weighted by molar-refractivity contribution is 9.10. The van der Waals surface area contributed by atoms with Crippen LogP contribution in [0.3, 0.4) is 0 Å². The monoisotopic (exact) mass is 430 g/mol. The molecule has 0 atom stereocenters. The van der Waals surface area contributed by atoms with E-state index in [-0.39, 0.29) is 17.7 Å². The third kappa shape index (κ3) is 5.69. The highest BCUT2D eigenvalue weighted by Gasteiger charge is 2.25. The maximum absolute atomic E-state index is 13.2. The van der Waals surface area contributed by atoms with Gasteiger partial charge in [-0.1, -0.05) is 0 Å². The Labute approximate surface area is 158 Å². The first-order chi connectivity index (χ1) is 12.4. The van der Waals surface area contributed by atoms with E-state index in [9.17, 15) is 18.8 Å². The zero-order valence-electron chi connectivity index (χ0n) is 14.3. The molecule has 0 saturated carbocycles. The standard InChI is InChI=1S/C17H20BrFN2O5/c1-2-25-17(24)21-7-5-12(6-8-21)20-15(22)10-26-16(23)13-9-11(19)3-4-14(13)18/h3-4,9,12H,2,5-8,10H2,1H3,(H,20,22). The molecule has 0 unspecified atom stereocenters. The van der Waals surface area contributed by atoms with E-state index in [4.69, 9.17) is 9.47 Å². The van der Waals surface area contributed by atoms with E-state index in [0.717, 1.165) is 6.07 Å². The van der Waals surface area contributed by atoms with Gasteiger partial charge in [0, 0.05) is 23.6 Å². The molecular weight excluding hydrogens is 411 g/mol. The molecule has 26 heavy (non-hydrogen) atoms. The summed E-state index contributed by atoms with van der Waals surface area (Å²) in [6.07, 6.45) is 0.828. The van der Waals surface area contributed by atoms with Gasteiger partial charge in [0.1, 0.15) is 5.82 Å². The minimum Gasteiger partial charge on any atom is -0.452 e.